The van der Waals surface area contributed by atoms with Gasteiger partial charge in [0.05, 0.1) is 4.88 Å². The average molecular weight is 396 g/mol. The average Bonchev–Trinajstić information content (AvgIpc) is 3.25. The Bertz CT molecular complexity index is 817. The van der Waals surface area contributed by atoms with Crippen molar-refractivity contribution in [3.63, 3.8) is 0 Å². The van der Waals surface area contributed by atoms with E-state index in [-0.39, 0.29) is 18.1 Å². The number of aromatic nitrogens is 2. The molecule has 0 atom stereocenters. The highest BCUT2D eigenvalue weighted by Gasteiger charge is 2.37. The van der Waals surface area contributed by atoms with E-state index in [0.29, 0.717) is 10.6 Å². The fraction of sp³-hybridized carbons (Fsp3) is 0.632. The van der Waals surface area contributed by atoms with E-state index in [1.807, 2.05) is 45.2 Å². The number of hydrogen-bond donors (Lipinski definition) is 0. The molecule has 0 saturated heterocycles. The Hall–Kier alpha value is -1.18. The summed E-state index contributed by atoms with van der Waals surface area (Å²) < 4.78 is 30.9. The van der Waals surface area contributed by atoms with Gasteiger partial charge in [-0.05, 0) is 52.0 Å². The third-order valence-electron chi connectivity index (χ3n) is 4.98. The zero-order valence-corrected chi connectivity index (χ0v) is 17.7. The summed E-state index contributed by atoms with van der Waals surface area (Å²) in [5.41, 5.74) is 0.579. The van der Waals surface area contributed by atoms with E-state index >= 15 is 0 Å². The monoisotopic (exact) mass is 395 g/mol. The molecule has 0 aromatic carbocycles. The molecule has 3 rings (SSSR count). The summed E-state index contributed by atoms with van der Waals surface area (Å²) in [5.74, 6) is 0. The highest BCUT2D eigenvalue weighted by Crippen LogP contribution is 2.35. The molecule has 1 saturated carbocycles. The predicted octanol–water partition coefficient (Wildman–Crippen LogP) is 4.92. The molecule has 26 heavy (non-hydrogen) atoms. The minimum atomic E-state index is -3.61. The van der Waals surface area contributed by atoms with Crippen LogP contribution >= 0.6 is 11.3 Å². The maximum Gasteiger partial charge on any atom is 0.247 e. The highest BCUT2D eigenvalue weighted by atomic mass is 32.2. The van der Waals surface area contributed by atoms with Crippen molar-refractivity contribution < 1.29 is 8.42 Å². The van der Waals surface area contributed by atoms with Crippen molar-refractivity contribution in [2.75, 3.05) is 0 Å². The molecular weight excluding hydrogens is 366 g/mol. The van der Waals surface area contributed by atoms with Gasteiger partial charge in [-0.3, -0.25) is 4.68 Å². The maximum absolute atomic E-state index is 13.7. The molecule has 1 aliphatic carbocycles. The van der Waals surface area contributed by atoms with Gasteiger partial charge in [-0.25, -0.2) is 8.42 Å². The molecule has 2 heterocycles. The van der Waals surface area contributed by atoms with Crippen LogP contribution in [0.2, 0.25) is 0 Å². The standard InChI is InChI=1S/C19H29N3O2S2/c1-14(2)21-13-18(19(20-21)17-11-8-12-25-17)26(23,24)22(15(3)4)16-9-6-5-7-10-16/h8,11-16H,5-7,9-10H2,1-4H3. The predicted molar refractivity (Wildman–Crippen MR) is 107 cm³/mol. The van der Waals surface area contributed by atoms with Crippen molar-refractivity contribution in [2.45, 2.75) is 82.8 Å². The normalized spacial score (nSPS) is 16.9. The van der Waals surface area contributed by atoms with Gasteiger partial charge < -0.3 is 0 Å². The summed E-state index contributed by atoms with van der Waals surface area (Å²) in [6, 6.07) is 4.01. The van der Waals surface area contributed by atoms with Crippen molar-refractivity contribution >= 4 is 21.4 Å². The Morgan fingerprint density at radius 3 is 2.42 bits per heavy atom. The SMILES string of the molecule is CC(C)N(C1CCCCC1)S(=O)(=O)c1cn(C(C)C)nc1-c1cccs1. The van der Waals surface area contributed by atoms with E-state index in [4.69, 9.17) is 0 Å². The molecule has 0 spiro atoms. The van der Waals surface area contributed by atoms with Crippen LogP contribution in [0, 0.1) is 0 Å². The first kappa shape index (κ1) is 19.6. The zero-order chi connectivity index (χ0) is 18.9. The number of nitrogens with zero attached hydrogens (tertiary/aromatic N) is 3. The van der Waals surface area contributed by atoms with Crippen LogP contribution in [0.1, 0.15) is 65.8 Å². The zero-order valence-electron chi connectivity index (χ0n) is 16.1. The molecule has 0 N–H and O–H groups in total. The van der Waals surface area contributed by atoms with Crippen LogP contribution < -0.4 is 0 Å². The smallest absolute Gasteiger partial charge is 0.247 e. The van der Waals surface area contributed by atoms with Crippen molar-refractivity contribution in [2.24, 2.45) is 0 Å². The topological polar surface area (TPSA) is 55.2 Å². The van der Waals surface area contributed by atoms with E-state index in [1.54, 1.807) is 15.2 Å². The fourth-order valence-electron chi connectivity index (χ4n) is 3.76. The van der Waals surface area contributed by atoms with Gasteiger partial charge in [0.15, 0.2) is 0 Å². The van der Waals surface area contributed by atoms with E-state index in [0.717, 1.165) is 30.6 Å². The van der Waals surface area contributed by atoms with Crippen LogP contribution in [0.5, 0.6) is 0 Å². The molecule has 0 radical (unpaired) electrons. The second kappa shape index (κ2) is 7.82. The highest BCUT2D eigenvalue weighted by molar-refractivity contribution is 7.89. The quantitative estimate of drug-likeness (QED) is 0.697. The molecule has 144 valence electrons. The Morgan fingerprint density at radius 1 is 1.19 bits per heavy atom. The van der Waals surface area contributed by atoms with Gasteiger partial charge in [0.2, 0.25) is 10.0 Å². The molecule has 0 unspecified atom stereocenters. The molecule has 1 fully saturated rings. The molecule has 5 nitrogen and oxygen atoms in total. The Balaban J connectivity index is 2.10. The van der Waals surface area contributed by atoms with Gasteiger partial charge in [0.1, 0.15) is 10.6 Å². The van der Waals surface area contributed by atoms with E-state index in [2.05, 4.69) is 5.10 Å². The second-order valence-corrected chi connectivity index (χ2v) is 10.4. The fourth-order valence-corrected chi connectivity index (χ4v) is 6.57. The third kappa shape index (κ3) is 3.75. The lowest BCUT2D eigenvalue weighted by molar-refractivity contribution is 0.220. The number of hydrogen-bond acceptors (Lipinski definition) is 4. The summed E-state index contributed by atoms with van der Waals surface area (Å²) in [4.78, 5) is 1.24. The van der Waals surface area contributed by atoms with Crippen molar-refractivity contribution in [1.82, 2.24) is 14.1 Å². The maximum atomic E-state index is 13.7. The second-order valence-electron chi connectivity index (χ2n) is 7.61. The number of sulfonamides is 1. The Kier molecular flexibility index (Phi) is 5.89. The summed E-state index contributed by atoms with van der Waals surface area (Å²) in [7, 11) is -3.61. The Labute approximate surface area is 161 Å². The lowest BCUT2D eigenvalue weighted by Crippen LogP contribution is -2.45. The van der Waals surface area contributed by atoms with Gasteiger partial charge in [-0.1, -0.05) is 25.3 Å². The molecular formula is C19H29N3O2S2. The van der Waals surface area contributed by atoms with Crippen LogP contribution in [-0.2, 0) is 10.0 Å². The lowest BCUT2D eigenvalue weighted by atomic mass is 9.95. The molecule has 0 bridgehead atoms. The molecule has 2 aromatic heterocycles. The van der Waals surface area contributed by atoms with Gasteiger partial charge in [-0.2, -0.15) is 9.40 Å². The molecule has 0 amide bonds. The third-order valence-corrected chi connectivity index (χ3v) is 7.99. The van der Waals surface area contributed by atoms with E-state index in [1.165, 1.54) is 17.8 Å². The lowest BCUT2D eigenvalue weighted by Gasteiger charge is -2.36. The largest absolute Gasteiger partial charge is 0.268 e. The van der Waals surface area contributed by atoms with Gasteiger partial charge in [-0.15, -0.1) is 11.3 Å². The van der Waals surface area contributed by atoms with Crippen LogP contribution in [0.3, 0.4) is 0 Å². The molecule has 1 aliphatic rings. The van der Waals surface area contributed by atoms with Crippen LogP contribution in [0.25, 0.3) is 10.6 Å². The number of rotatable bonds is 6. The first-order valence-corrected chi connectivity index (χ1v) is 11.8. The van der Waals surface area contributed by atoms with E-state index < -0.39 is 10.0 Å². The molecule has 7 heteroatoms. The van der Waals surface area contributed by atoms with Crippen molar-refractivity contribution in [1.29, 1.82) is 0 Å². The summed E-state index contributed by atoms with van der Waals surface area (Å²) >= 11 is 1.53. The Morgan fingerprint density at radius 2 is 1.88 bits per heavy atom. The first-order valence-electron chi connectivity index (χ1n) is 9.49. The van der Waals surface area contributed by atoms with Gasteiger partial charge in [0.25, 0.3) is 0 Å². The van der Waals surface area contributed by atoms with Crippen molar-refractivity contribution in [3.8, 4) is 10.6 Å². The van der Waals surface area contributed by atoms with Crippen LogP contribution in [-0.4, -0.2) is 34.6 Å². The van der Waals surface area contributed by atoms with Crippen LogP contribution in [0.15, 0.2) is 28.6 Å². The van der Waals surface area contributed by atoms with Crippen molar-refractivity contribution in [3.05, 3.63) is 23.7 Å². The molecule has 2 aromatic rings. The van der Waals surface area contributed by atoms with E-state index in [9.17, 15) is 8.42 Å². The van der Waals surface area contributed by atoms with Gasteiger partial charge in [0, 0.05) is 24.3 Å². The minimum Gasteiger partial charge on any atom is -0.268 e. The summed E-state index contributed by atoms with van der Waals surface area (Å²) in [6.07, 6.45) is 7.02. The molecule has 0 aliphatic heterocycles. The summed E-state index contributed by atoms with van der Waals surface area (Å²) in [6.45, 7) is 7.99. The van der Waals surface area contributed by atoms with Gasteiger partial charge >= 0.3 is 0 Å². The minimum absolute atomic E-state index is 0.0679. The number of thiophene rings is 1. The first-order chi connectivity index (χ1) is 12.3. The summed E-state index contributed by atoms with van der Waals surface area (Å²) in [5, 5.41) is 6.59. The van der Waals surface area contributed by atoms with Crippen LogP contribution in [0.4, 0.5) is 0 Å².